The van der Waals surface area contributed by atoms with Gasteiger partial charge in [0.2, 0.25) is 47.3 Å². The van der Waals surface area contributed by atoms with E-state index in [2.05, 4.69) is 51.1 Å². The third kappa shape index (κ3) is 63.6. The molecule has 0 spiro atoms. The summed E-state index contributed by atoms with van der Waals surface area (Å²) >= 11 is 0. The molecular weight excluding hydrogens is 1310 g/mol. The highest BCUT2D eigenvalue weighted by Gasteiger charge is 2.27. The molecule has 0 radical (unpaired) electrons. The molecule has 0 saturated carbocycles. The van der Waals surface area contributed by atoms with Gasteiger partial charge in [0.25, 0.3) is 0 Å². The van der Waals surface area contributed by atoms with Crippen molar-refractivity contribution >= 4 is 47.3 Å². The van der Waals surface area contributed by atoms with Crippen LogP contribution in [0.5, 0.6) is 0 Å². The lowest BCUT2D eigenvalue weighted by atomic mass is 10.0. The molecule has 0 aliphatic carbocycles. The van der Waals surface area contributed by atoms with Gasteiger partial charge in [0.15, 0.2) is 0 Å². The maximum absolute atomic E-state index is 13.4. The number of hydrogen-bond acceptors (Lipinski definition) is 28. The molecule has 0 aromatic rings. The molecule has 0 fully saturated rings. The number of methoxy groups -OCH3 is 1. The highest BCUT2D eigenvalue weighted by Crippen LogP contribution is 2.14. The van der Waals surface area contributed by atoms with Gasteiger partial charge in [-0.3, -0.25) is 38.4 Å². The average Bonchev–Trinajstić information content (AvgIpc) is 1.02. The molecule has 0 rings (SSSR count). The van der Waals surface area contributed by atoms with E-state index in [-0.39, 0.29) is 117 Å². The molecule has 0 aliphatic heterocycles. The fourth-order valence-corrected chi connectivity index (χ4v) is 7.80. The number of carbonyl (C=O) groups excluding carboxylic acids is 8. The molecule has 580 valence electrons. The van der Waals surface area contributed by atoms with Crippen LogP contribution in [0, 0.1) is 5.92 Å². The fraction of sp³-hybridized carbons (Fsp3) is 0.873. The third-order valence-corrected chi connectivity index (χ3v) is 13.6. The Labute approximate surface area is 583 Å². The van der Waals surface area contributed by atoms with Gasteiger partial charge in [-0.05, 0) is 38.0 Å². The Morgan fingerprint density at radius 2 is 0.778 bits per heavy atom. The van der Waals surface area contributed by atoms with Crippen LogP contribution in [0.4, 0.5) is 0 Å². The summed E-state index contributed by atoms with van der Waals surface area (Å²) in [5.74, 6) is -4.55. The number of aliphatic hydroxyl groups excluding tert-OH is 2. The topological polar surface area (TPSA) is 470 Å². The van der Waals surface area contributed by atoms with E-state index in [1.54, 1.807) is 7.11 Å². The predicted octanol–water partition coefficient (Wildman–Crippen LogP) is -4.61. The zero-order chi connectivity index (χ0) is 72.7. The number of aliphatic hydroxyl groups is 2. The second-order valence-electron chi connectivity index (χ2n) is 21.7. The summed E-state index contributed by atoms with van der Waals surface area (Å²) in [6, 6.07) is -3.77. The normalized spacial score (nSPS) is 12.9. The van der Waals surface area contributed by atoms with Crippen LogP contribution < -0.4 is 48.7 Å². The number of unbranched alkanes of at least 4 members (excludes halogenated alkanes) is 1. The minimum absolute atomic E-state index is 0.0221. The van der Waals surface area contributed by atoms with Crippen molar-refractivity contribution in [3.8, 4) is 0 Å². The summed E-state index contributed by atoms with van der Waals surface area (Å²) in [6.07, 6.45) is 3.88. The summed E-state index contributed by atoms with van der Waals surface area (Å²) in [6.45, 7) is 13.9. The van der Waals surface area contributed by atoms with Crippen LogP contribution in [0.3, 0.4) is 0 Å². The van der Waals surface area contributed by atoms with E-state index in [1.807, 2.05) is 0 Å². The number of primary amides is 1. The molecule has 8 amide bonds. The zero-order valence-electron chi connectivity index (χ0n) is 58.9. The van der Waals surface area contributed by atoms with Crippen LogP contribution in [-0.2, 0) is 119 Å². The van der Waals surface area contributed by atoms with Crippen LogP contribution in [-0.4, -0.2) is 346 Å². The number of nitrogens with one attached hydrogen (secondary N) is 7. The summed E-state index contributed by atoms with van der Waals surface area (Å²) in [7, 11) is 1.64. The molecule has 0 heterocycles. The lowest BCUT2D eigenvalue weighted by Crippen LogP contribution is -2.56. The molecule has 4 unspecified atom stereocenters. The van der Waals surface area contributed by atoms with Crippen molar-refractivity contribution in [2.24, 2.45) is 17.4 Å². The van der Waals surface area contributed by atoms with Crippen LogP contribution in [0.2, 0.25) is 0 Å². The first-order valence-electron chi connectivity index (χ1n) is 34.2. The summed E-state index contributed by atoms with van der Waals surface area (Å²) in [5.41, 5.74) is 10.3. The van der Waals surface area contributed by atoms with E-state index >= 15 is 0 Å². The SMILES string of the molecule is CC[C@H](C)CCC(COCCOCCOCCOCCOCCOC)OCCOCCOCCOCCOCCOCCOCCC(=O)NCCCCC(NC(=O)CNC(=O)CNC(=O)CN)C(=O)NC(CO)C(=O)NCCOCCOCCOCCOCCC(=O)NC(CO)C(N)=O. The number of nitrogens with two attached hydrogens (primary N) is 2. The molecule has 0 aromatic heterocycles. The van der Waals surface area contributed by atoms with Gasteiger partial charge in [-0.1, -0.05) is 20.3 Å². The minimum atomic E-state index is -1.40. The lowest BCUT2D eigenvalue weighted by Gasteiger charge is -2.22. The predicted molar refractivity (Wildman–Crippen MR) is 356 cm³/mol. The second kappa shape index (κ2) is 71.4. The fourth-order valence-electron chi connectivity index (χ4n) is 7.80. The van der Waals surface area contributed by atoms with E-state index < -0.39 is 85.8 Å². The van der Waals surface area contributed by atoms with Gasteiger partial charge < -0.3 is 139 Å². The monoisotopic (exact) mass is 1440 g/mol. The minimum Gasteiger partial charge on any atom is -0.394 e. The van der Waals surface area contributed by atoms with Crippen molar-refractivity contribution in [2.45, 2.75) is 89.4 Å². The molecule has 0 bridgehead atoms. The van der Waals surface area contributed by atoms with Gasteiger partial charge in [0, 0.05) is 33.0 Å². The smallest absolute Gasteiger partial charge is 0.245 e. The Balaban J connectivity index is 4.25. The highest BCUT2D eigenvalue weighted by atomic mass is 16.6. The van der Waals surface area contributed by atoms with Gasteiger partial charge in [0.05, 0.1) is 250 Å². The Morgan fingerprint density at radius 1 is 0.374 bits per heavy atom. The van der Waals surface area contributed by atoms with Crippen LogP contribution >= 0.6 is 0 Å². The quantitative estimate of drug-likeness (QED) is 0.0255. The van der Waals surface area contributed by atoms with Gasteiger partial charge in [-0.2, -0.15) is 0 Å². The van der Waals surface area contributed by atoms with Crippen molar-refractivity contribution in [1.29, 1.82) is 0 Å². The van der Waals surface area contributed by atoms with Crippen molar-refractivity contribution in [2.75, 3.05) is 264 Å². The average molecular weight is 1440 g/mol. The maximum Gasteiger partial charge on any atom is 0.245 e. The van der Waals surface area contributed by atoms with Crippen molar-refractivity contribution in [1.82, 2.24) is 37.2 Å². The van der Waals surface area contributed by atoms with Crippen molar-refractivity contribution in [3.63, 3.8) is 0 Å². The number of rotatable bonds is 76. The van der Waals surface area contributed by atoms with E-state index in [1.165, 1.54) is 0 Å². The maximum atomic E-state index is 13.4. The van der Waals surface area contributed by atoms with Crippen LogP contribution in [0.15, 0.2) is 0 Å². The lowest BCUT2D eigenvalue weighted by molar-refractivity contribution is -0.133. The molecular formula is C63H121N9O27. The molecule has 0 aliphatic rings. The number of hydrogen-bond donors (Lipinski definition) is 11. The molecule has 0 saturated heterocycles. The first-order valence-corrected chi connectivity index (χ1v) is 34.2. The van der Waals surface area contributed by atoms with Crippen LogP contribution in [0.1, 0.15) is 65.2 Å². The summed E-state index contributed by atoms with van der Waals surface area (Å²) in [5, 5.41) is 36.2. The van der Waals surface area contributed by atoms with E-state index in [0.29, 0.717) is 164 Å². The summed E-state index contributed by atoms with van der Waals surface area (Å²) < 4.78 is 93.9. The molecule has 36 heteroatoms. The largest absolute Gasteiger partial charge is 0.394 e. The highest BCUT2D eigenvalue weighted by molar-refractivity contribution is 5.93. The van der Waals surface area contributed by atoms with Crippen molar-refractivity contribution in [3.05, 3.63) is 0 Å². The summed E-state index contributed by atoms with van der Waals surface area (Å²) in [4.78, 5) is 98.0. The molecule has 36 nitrogen and oxygen atoms in total. The zero-order valence-corrected chi connectivity index (χ0v) is 58.9. The first-order chi connectivity index (χ1) is 48.2. The van der Waals surface area contributed by atoms with Gasteiger partial charge in [-0.25, -0.2) is 0 Å². The van der Waals surface area contributed by atoms with E-state index in [9.17, 15) is 43.5 Å². The number of ether oxygens (including phenoxy) is 17. The van der Waals surface area contributed by atoms with Gasteiger partial charge in [0.1, 0.15) is 18.1 Å². The standard InChI is InChI=1S/C63H121N9O27/c1-4-51(2)8-9-52(50-98-42-41-96-38-37-94-32-31-91-26-25-87-18-17-83-3)99-44-43-97-40-39-95-36-35-93-34-33-92-30-28-88-22-19-84-14-10-56(75)66-12-6-5-7-53(70-60(79)47-69-59(78)46-68-58(77)45-64)63(82)72-55(49-74)62(81)67-13-16-86-21-24-90-29-27-89-23-20-85-15-11-57(76)71-54(48-73)61(65)80/h51-55,73-74H,4-50,64H2,1-3H3,(H2,65,80)(H,66,75)(H,67,81)(H,68,77)(H,69,78)(H,70,79)(H,71,76)(H,72,82)/t51-,52?,53?,54?,55?/m0/s1. The van der Waals surface area contributed by atoms with Gasteiger partial charge >= 0.3 is 0 Å². The first kappa shape index (κ1) is 94.0. The number of amides is 8. The number of carbonyl (C=O) groups is 8. The Bertz CT molecular complexity index is 1980. The molecule has 99 heavy (non-hydrogen) atoms. The van der Waals surface area contributed by atoms with E-state index in [0.717, 1.165) is 19.3 Å². The Hall–Kier alpha value is -5.04. The molecule has 5 atom stereocenters. The van der Waals surface area contributed by atoms with Gasteiger partial charge in [-0.15, -0.1) is 0 Å². The third-order valence-electron chi connectivity index (χ3n) is 13.6. The Morgan fingerprint density at radius 3 is 1.22 bits per heavy atom. The molecule has 13 N–H and O–H groups in total. The van der Waals surface area contributed by atoms with E-state index in [4.69, 9.17) is 97.1 Å². The molecule has 0 aromatic carbocycles. The second-order valence-corrected chi connectivity index (χ2v) is 21.7. The van der Waals surface area contributed by atoms with Crippen LogP contribution in [0.25, 0.3) is 0 Å². The Kier molecular flexibility index (Phi) is 67.7. The van der Waals surface area contributed by atoms with Crippen molar-refractivity contribution < 1.29 is 129 Å².